The number of amides is 1. The lowest BCUT2D eigenvalue weighted by Crippen LogP contribution is -2.27. The molecular formula is C15H18FNO4. The van der Waals surface area contributed by atoms with E-state index in [-0.39, 0.29) is 5.69 Å². The summed E-state index contributed by atoms with van der Waals surface area (Å²) in [6, 6.07) is 4.12. The minimum atomic E-state index is -0.737. The van der Waals surface area contributed by atoms with Crippen molar-refractivity contribution in [1.82, 2.24) is 0 Å². The second kappa shape index (κ2) is 6.88. The largest absolute Gasteiger partial charge is 0.466 e. The Kier molecular flexibility index (Phi) is 5.46. The third-order valence-electron chi connectivity index (χ3n) is 2.24. The van der Waals surface area contributed by atoms with Crippen LogP contribution in [-0.2, 0) is 14.3 Å². The zero-order valence-electron chi connectivity index (χ0n) is 12.4. The molecule has 114 valence electrons. The molecule has 0 atom stereocenters. The first-order valence-corrected chi connectivity index (χ1v) is 6.27. The molecule has 1 aromatic rings. The number of ether oxygens (including phenoxy) is 2. The van der Waals surface area contributed by atoms with Crippen molar-refractivity contribution in [2.24, 2.45) is 0 Å². The molecule has 0 saturated heterocycles. The van der Waals surface area contributed by atoms with E-state index >= 15 is 0 Å². The first-order chi connectivity index (χ1) is 9.71. The molecule has 1 rings (SSSR count). The van der Waals surface area contributed by atoms with Gasteiger partial charge in [-0.2, -0.15) is 0 Å². The van der Waals surface area contributed by atoms with Crippen LogP contribution in [0, 0.1) is 5.82 Å². The summed E-state index contributed by atoms with van der Waals surface area (Å²) in [7, 11) is 1.25. The van der Waals surface area contributed by atoms with Gasteiger partial charge in [0, 0.05) is 6.08 Å². The van der Waals surface area contributed by atoms with Gasteiger partial charge in [-0.15, -0.1) is 0 Å². The Morgan fingerprint density at radius 1 is 1.29 bits per heavy atom. The van der Waals surface area contributed by atoms with Crippen molar-refractivity contribution in [1.29, 1.82) is 0 Å². The number of anilines is 1. The van der Waals surface area contributed by atoms with Gasteiger partial charge in [0.15, 0.2) is 0 Å². The molecule has 0 spiro atoms. The topological polar surface area (TPSA) is 64.6 Å². The Balaban J connectivity index is 2.77. The summed E-state index contributed by atoms with van der Waals surface area (Å²) in [5, 5.41) is 2.32. The van der Waals surface area contributed by atoms with E-state index in [1.165, 1.54) is 31.4 Å². The standard InChI is InChI=1S/C15H18FNO4/c1-15(2,3)21-14(19)17-12-7-5-10(9-11(12)16)6-8-13(18)20-4/h5-9H,1-4H3,(H,17,19). The van der Waals surface area contributed by atoms with Crippen molar-refractivity contribution in [2.75, 3.05) is 12.4 Å². The number of halogens is 1. The van der Waals surface area contributed by atoms with Crippen LogP contribution in [0.3, 0.4) is 0 Å². The Bertz CT molecular complexity index is 561. The van der Waals surface area contributed by atoms with E-state index in [1.54, 1.807) is 26.8 Å². The van der Waals surface area contributed by atoms with Gasteiger partial charge in [-0.1, -0.05) is 6.07 Å². The maximum atomic E-state index is 13.8. The van der Waals surface area contributed by atoms with Crippen LogP contribution >= 0.6 is 0 Å². The van der Waals surface area contributed by atoms with Crippen molar-refractivity contribution in [2.45, 2.75) is 26.4 Å². The molecule has 0 saturated carbocycles. The molecule has 0 aliphatic heterocycles. The fourth-order valence-electron chi connectivity index (χ4n) is 1.38. The van der Waals surface area contributed by atoms with E-state index in [0.29, 0.717) is 5.56 Å². The van der Waals surface area contributed by atoms with E-state index in [9.17, 15) is 14.0 Å². The summed E-state index contributed by atoms with van der Waals surface area (Å²) < 4.78 is 23.3. The van der Waals surface area contributed by atoms with Crippen LogP contribution in [-0.4, -0.2) is 24.8 Å². The second-order valence-electron chi connectivity index (χ2n) is 5.22. The Morgan fingerprint density at radius 3 is 2.48 bits per heavy atom. The first kappa shape index (κ1) is 16.7. The minimum absolute atomic E-state index is 0.000493. The molecule has 0 unspecified atom stereocenters. The summed E-state index contributed by atoms with van der Waals surface area (Å²) in [6.45, 7) is 5.14. The highest BCUT2D eigenvalue weighted by Gasteiger charge is 2.17. The number of methoxy groups -OCH3 is 1. The van der Waals surface area contributed by atoms with Gasteiger partial charge < -0.3 is 9.47 Å². The quantitative estimate of drug-likeness (QED) is 0.686. The lowest BCUT2D eigenvalue weighted by atomic mass is 10.2. The van der Waals surface area contributed by atoms with E-state index in [4.69, 9.17) is 4.74 Å². The molecule has 1 aromatic carbocycles. The Morgan fingerprint density at radius 2 is 1.95 bits per heavy atom. The van der Waals surface area contributed by atoms with Crippen molar-refractivity contribution in [3.8, 4) is 0 Å². The van der Waals surface area contributed by atoms with Crippen LogP contribution in [0.2, 0.25) is 0 Å². The Hall–Kier alpha value is -2.37. The summed E-state index contributed by atoms with van der Waals surface area (Å²) in [6.07, 6.45) is 1.85. The molecular weight excluding hydrogens is 277 g/mol. The number of carbonyl (C=O) groups is 2. The molecule has 6 heteroatoms. The number of nitrogens with one attached hydrogen (secondary N) is 1. The molecule has 0 radical (unpaired) electrons. The molecule has 0 aliphatic rings. The lowest BCUT2D eigenvalue weighted by Gasteiger charge is -2.19. The molecule has 1 amide bonds. The van der Waals surface area contributed by atoms with Crippen LogP contribution in [0.1, 0.15) is 26.3 Å². The average molecular weight is 295 g/mol. The third kappa shape index (κ3) is 6.07. The fraction of sp³-hybridized carbons (Fsp3) is 0.333. The number of hydrogen-bond donors (Lipinski definition) is 1. The molecule has 0 aromatic heterocycles. The number of rotatable bonds is 3. The normalized spacial score (nSPS) is 11.3. The molecule has 0 heterocycles. The predicted octanol–water partition coefficient (Wildman–Crippen LogP) is 3.36. The van der Waals surface area contributed by atoms with E-state index < -0.39 is 23.5 Å². The van der Waals surface area contributed by atoms with Gasteiger partial charge in [0.05, 0.1) is 12.8 Å². The maximum absolute atomic E-state index is 13.8. The highest BCUT2D eigenvalue weighted by atomic mass is 19.1. The molecule has 0 bridgehead atoms. The maximum Gasteiger partial charge on any atom is 0.412 e. The lowest BCUT2D eigenvalue weighted by molar-refractivity contribution is -0.134. The number of carbonyl (C=O) groups excluding carboxylic acids is 2. The minimum Gasteiger partial charge on any atom is -0.466 e. The van der Waals surface area contributed by atoms with Gasteiger partial charge in [-0.05, 0) is 44.5 Å². The molecule has 21 heavy (non-hydrogen) atoms. The van der Waals surface area contributed by atoms with Crippen LogP contribution in [0.5, 0.6) is 0 Å². The monoisotopic (exact) mass is 295 g/mol. The molecule has 5 nitrogen and oxygen atoms in total. The zero-order chi connectivity index (χ0) is 16.0. The molecule has 1 N–H and O–H groups in total. The van der Waals surface area contributed by atoms with Crippen LogP contribution in [0.4, 0.5) is 14.9 Å². The van der Waals surface area contributed by atoms with Crippen molar-refractivity contribution in [3.05, 3.63) is 35.7 Å². The van der Waals surface area contributed by atoms with Gasteiger partial charge in [-0.25, -0.2) is 14.0 Å². The van der Waals surface area contributed by atoms with E-state index in [2.05, 4.69) is 10.1 Å². The van der Waals surface area contributed by atoms with Gasteiger partial charge in [0.2, 0.25) is 0 Å². The average Bonchev–Trinajstić information content (AvgIpc) is 2.36. The van der Waals surface area contributed by atoms with Gasteiger partial charge >= 0.3 is 12.1 Å². The summed E-state index contributed by atoms with van der Waals surface area (Å²) >= 11 is 0. The predicted molar refractivity (Wildman–Crippen MR) is 77.3 cm³/mol. The highest BCUT2D eigenvalue weighted by molar-refractivity contribution is 5.87. The van der Waals surface area contributed by atoms with E-state index in [0.717, 1.165) is 0 Å². The summed E-state index contributed by atoms with van der Waals surface area (Å²) in [5.41, 5.74) is -0.198. The van der Waals surface area contributed by atoms with Gasteiger partial charge in [0.1, 0.15) is 11.4 Å². The first-order valence-electron chi connectivity index (χ1n) is 6.27. The SMILES string of the molecule is COC(=O)C=Cc1ccc(NC(=O)OC(C)(C)C)c(F)c1. The molecule has 0 aliphatic carbocycles. The fourth-order valence-corrected chi connectivity index (χ4v) is 1.38. The Labute approximate surface area is 122 Å². The summed E-state index contributed by atoms with van der Waals surface area (Å²) in [4.78, 5) is 22.5. The van der Waals surface area contributed by atoms with E-state index in [1.807, 2.05) is 0 Å². The van der Waals surface area contributed by atoms with Crippen molar-refractivity contribution < 1.29 is 23.5 Å². The van der Waals surface area contributed by atoms with Gasteiger partial charge in [-0.3, -0.25) is 5.32 Å². The third-order valence-corrected chi connectivity index (χ3v) is 2.24. The molecule has 0 fully saturated rings. The smallest absolute Gasteiger partial charge is 0.412 e. The van der Waals surface area contributed by atoms with Crippen LogP contribution in [0.25, 0.3) is 6.08 Å². The highest BCUT2D eigenvalue weighted by Crippen LogP contribution is 2.18. The van der Waals surface area contributed by atoms with Gasteiger partial charge in [0.25, 0.3) is 0 Å². The van der Waals surface area contributed by atoms with Crippen molar-refractivity contribution in [3.63, 3.8) is 0 Å². The summed E-state index contributed by atoms with van der Waals surface area (Å²) in [5.74, 6) is -1.17. The number of benzene rings is 1. The second-order valence-corrected chi connectivity index (χ2v) is 5.22. The van der Waals surface area contributed by atoms with Crippen molar-refractivity contribution >= 4 is 23.8 Å². The number of esters is 1. The van der Waals surface area contributed by atoms with Crippen LogP contribution in [0.15, 0.2) is 24.3 Å². The number of hydrogen-bond acceptors (Lipinski definition) is 4. The van der Waals surface area contributed by atoms with Crippen LogP contribution < -0.4 is 5.32 Å². The zero-order valence-corrected chi connectivity index (χ0v) is 12.4.